The number of nitrogens with two attached hydrogens (primary N) is 1. The highest BCUT2D eigenvalue weighted by molar-refractivity contribution is 7.80. The van der Waals surface area contributed by atoms with Gasteiger partial charge in [-0.15, -0.1) is 0 Å². The van der Waals surface area contributed by atoms with Crippen molar-refractivity contribution in [3.8, 4) is 5.75 Å². The largest absolute Gasteiger partial charge is 0.496 e. The van der Waals surface area contributed by atoms with Gasteiger partial charge in [-0.2, -0.15) is 0 Å². The molecule has 0 aliphatic heterocycles. The number of carbonyl (C=O) groups is 1. The van der Waals surface area contributed by atoms with Crippen LogP contribution in [0.5, 0.6) is 5.75 Å². The molecule has 0 bridgehead atoms. The number of hydrogen-bond acceptors (Lipinski definition) is 3. The van der Waals surface area contributed by atoms with Crippen molar-refractivity contribution in [2.45, 2.75) is 20.4 Å². The van der Waals surface area contributed by atoms with Gasteiger partial charge in [0.05, 0.1) is 18.0 Å². The lowest BCUT2D eigenvalue weighted by atomic mass is 9.95. The van der Waals surface area contributed by atoms with Crippen LogP contribution in [-0.2, 0) is 11.3 Å². The Bertz CT molecular complexity index is 506. The SMILES string of the molecule is COc1cccc(Cl)c1CNC(=O)C(C(N)=S)C(C)C. The number of halogens is 1. The third kappa shape index (κ3) is 4.08. The fourth-order valence-corrected chi connectivity index (χ4v) is 2.56. The minimum absolute atomic E-state index is 0.0423. The van der Waals surface area contributed by atoms with Crippen molar-refractivity contribution in [2.24, 2.45) is 17.6 Å². The van der Waals surface area contributed by atoms with Gasteiger partial charge in [-0.05, 0) is 18.1 Å². The van der Waals surface area contributed by atoms with Gasteiger partial charge >= 0.3 is 0 Å². The molecule has 0 aliphatic carbocycles. The molecule has 1 aromatic rings. The van der Waals surface area contributed by atoms with Crippen LogP contribution >= 0.6 is 23.8 Å². The molecular formula is C14H19ClN2O2S. The van der Waals surface area contributed by atoms with Gasteiger partial charge in [0, 0.05) is 17.1 Å². The van der Waals surface area contributed by atoms with Gasteiger partial charge < -0.3 is 15.8 Å². The molecule has 4 nitrogen and oxygen atoms in total. The number of thiocarbonyl (C=S) groups is 1. The smallest absolute Gasteiger partial charge is 0.230 e. The number of hydrogen-bond donors (Lipinski definition) is 2. The molecule has 1 rings (SSSR count). The maximum atomic E-state index is 12.1. The third-order valence-corrected chi connectivity index (χ3v) is 3.60. The maximum Gasteiger partial charge on any atom is 0.230 e. The van der Waals surface area contributed by atoms with Crippen LogP contribution in [0.4, 0.5) is 0 Å². The Kier molecular flexibility index (Phi) is 6.23. The van der Waals surface area contributed by atoms with Gasteiger partial charge in [-0.1, -0.05) is 43.7 Å². The number of carbonyl (C=O) groups excluding carboxylic acids is 1. The lowest BCUT2D eigenvalue weighted by molar-refractivity contribution is -0.124. The first-order chi connectivity index (χ1) is 9.38. The minimum atomic E-state index is -0.488. The average Bonchev–Trinajstić information content (AvgIpc) is 2.36. The average molecular weight is 315 g/mol. The van der Waals surface area contributed by atoms with Crippen molar-refractivity contribution in [1.29, 1.82) is 0 Å². The van der Waals surface area contributed by atoms with E-state index in [-0.39, 0.29) is 23.4 Å². The van der Waals surface area contributed by atoms with E-state index in [9.17, 15) is 4.79 Å². The Labute approximate surface area is 129 Å². The van der Waals surface area contributed by atoms with Crippen molar-refractivity contribution in [3.63, 3.8) is 0 Å². The molecule has 0 saturated carbocycles. The van der Waals surface area contributed by atoms with Crippen LogP contribution in [0, 0.1) is 11.8 Å². The van der Waals surface area contributed by atoms with Crippen molar-refractivity contribution in [2.75, 3.05) is 7.11 Å². The molecular weight excluding hydrogens is 296 g/mol. The molecule has 3 N–H and O–H groups in total. The van der Waals surface area contributed by atoms with E-state index in [1.807, 2.05) is 13.8 Å². The van der Waals surface area contributed by atoms with Crippen LogP contribution in [0.3, 0.4) is 0 Å². The molecule has 0 heterocycles. The molecule has 1 aromatic carbocycles. The van der Waals surface area contributed by atoms with E-state index in [2.05, 4.69) is 5.32 Å². The molecule has 0 spiro atoms. The quantitative estimate of drug-likeness (QED) is 0.792. The second kappa shape index (κ2) is 7.45. The van der Waals surface area contributed by atoms with Crippen LogP contribution < -0.4 is 15.8 Å². The molecule has 0 fully saturated rings. The molecule has 0 aromatic heterocycles. The Morgan fingerprint density at radius 3 is 2.65 bits per heavy atom. The summed E-state index contributed by atoms with van der Waals surface area (Å²) in [5, 5.41) is 3.35. The summed E-state index contributed by atoms with van der Waals surface area (Å²) in [5.74, 6) is -0.0113. The Morgan fingerprint density at radius 1 is 1.50 bits per heavy atom. The highest BCUT2D eigenvalue weighted by Crippen LogP contribution is 2.26. The van der Waals surface area contributed by atoms with Gasteiger partial charge in [0.1, 0.15) is 5.75 Å². The number of ether oxygens (including phenoxy) is 1. The molecule has 0 saturated heterocycles. The van der Waals surface area contributed by atoms with Crippen molar-refractivity contribution in [1.82, 2.24) is 5.32 Å². The second-order valence-corrected chi connectivity index (χ2v) is 5.64. The zero-order valence-electron chi connectivity index (χ0n) is 11.8. The molecule has 6 heteroatoms. The predicted molar refractivity (Wildman–Crippen MR) is 85.0 cm³/mol. The summed E-state index contributed by atoms with van der Waals surface area (Å²) >= 11 is 11.1. The van der Waals surface area contributed by atoms with Gasteiger partial charge in [-0.25, -0.2) is 0 Å². The summed E-state index contributed by atoms with van der Waals surface area (Å²) in [6.07, 6.45) is 0. The van der Waals surface area contributed by atoms with E-state index < -0.39 is 5.92 Å². The van der Waals surface area contributed by atoms with Crippen molar-refractivity contribution < 1.29 is 9.53 Å². The zero-order valence-corrected chi connectivity index (χ0v) is 13.3. The number of nitrogens with one attached hydrogen (secondary N) is 1. The number of rotatable bonds is 6. The standard InChI is InChI=1S/C14H19ClN2O2S/c1-8(2)12(13(16)20)14(18)17-7-9-10(15)5-4-6-11(9)19-3/h4-6,8,12H,7H2,1-3H3,(H2,16,20)(H,17,18). The lowest BCUT2D eigenvalue weighted by Gasteiger charge is -2.19. The van der Waals surface area contributed by atoms with E-state index in [1.54, 1.807) is 25.3 Å². The molecule has 0 aliphatic rings. The van der Waals surface area contributed by atoms with Crippen LogP contribution in [0.2, 0.25) is 5.02 Å². The van der Waals surface area contributed by atoms with E-state index in [4.69, 9.17) is 34.3 Å². The van der Waals surface area contributed by atoms with Gasteiger partial charge in [0.2, 0.25) is 5.91 Å². The predicted octanol–water partition coefficient (Wildman–Crippen LogP) is 2.52. The number of methoxy groups -OCH3 is 1. The van der Waals surface area contributed by atoms with Crippen LogP contribution in [0.1, 0.15) is 19.4 Å². The third-order valence-electron chi connectivity index (χ3n) is 2.99. The lowest BCUT2D eigenvalue weighted by Crippen LogP contribution is -2.40. The molecule has 1 amide bonds. The molecule has 20 heavy (non-hydrogen) atoms. The minimum Gasteiger partial charge on any atom is -0.496 e. The highest BCUT2D eigenvalue weighted by atomic mass is 35.5. The molecule has 0 radical (unpaired) electrons. The molecule has 1 unspecified atom stereocenters. The summed E-state index contributed by atoms with van der Waals surface area (Å²) in [6, 6.07) is 5.33. The normalized spacial score (nSPS) is 12.1. The fourth-order valence-electron chi connectivity index (χ4n) is 1.95. The van der Waals surface area contributed by atoms with Crippen LogP contribution in [0.25, 0.3) is 0 Å². The summed E-state index contributed by atoms with van der Waals surface area (Å²) in [5.41, 5.74) is 6.35. The topological polar surface area (TPSA) is 64.3 Å². The summed E-state index contributed by atoms with van der Waals surface area (Å²) < 4.78 is 5.23. The van der Waals surface area contributed by atoms with Gasteiger partial charge in [-0.3, -0.25) is 4.79 Å². The van der Waals surface area contributed by atoms with Crippen molar-refractivity contribution >= 4 is 34.7 Å². The Morgan fingerprint density at radius 2 is 2.15 bits per heavy atom. The van der Waals surface area contributed by atoms with Gasteiger partial charge in [0.25, 0.3) is 0 Å². The summed E-state index contributed by atoms with van der Waals surface area (Å²) in [6.45, 7) is 4.08. The number of amides is 1. The monoisotopic (exact) mass is 314 g/mol. The molecule has 1 atom stereocenters. The second-order valence-electron chi connectivity index (χ2n) is 4.76. The van der Waals surface area contributed by atoms with Crippen LogP contribution in [-0.4, -0.2) is 18.0 Å². The molecule has 110 valence electrons. The first-order valence-corrected chi connectivity index (χ1v) is 7.05. The van der Waals surface area contributed by atoms with E-state index in [1.165, 1.54) is 0 Å². The first-order valence-electron chi connectivity index (χ1n) is 6.26. The summed E-state index contributed by atoms with van der Waals surface area (Å²) in [4.78, 5) is 12.3. The van der Waals surface area contributed by atoms with Crippen LogP contribution in [0.15, 0.2) is 18.2 Å². The van der Waals surface area contributed by atoms with E-state index >= 15 is 0 Å². The van der Waals surface area contributed by atoms with Gasteiger partial charge in [0.15, 0.2) is 0 Å². The van der Waals surface area contributed by atoms with E-state index in [0.717, 1.165) is 5.56 Å². The van der Waals surface area contributed by atoms with E-state index in [0.29, 0.717) is 10.8 Å². The number of benzene rings is 1. The zero-order chi connectivity index (χ0) is 15.3. The Balaban J connectivity index is 2.82. The van der Waals surface area contributed by atoms with Crippen molar-refractivity contribution in [3.05, 3.63) is 28.8 Å². The highest BCUT2D eigenvalue weighted by Gasteiger charge is 2.25. The Hall–Kier alpha value is -1.33. The fraction of sp³-hybridized carbons (Fsp3) is 0.429. The first kappa shape index (κ1) is 16.7. The maximum absolute atomic E-state index is 12.1. The summed E-state index contributed by atoms with van der Waals surface area (Å²) in [7, 11) is 1.56.